The first-order chi connectivity index (χ1) is 14.9. The van der Waals surface area contributed by atoms with E-state index in [1.165, 1.54) is 9.13 Å². The van der Waals surface area contributed by atoms with Gasteiger partial charge in [-0.05, 0) is 48.6 Å². The highest BCUT2D eigenvalue weighted by Crippen LogP contribution is 2.11. The minimum atomic E-state index is -0.445. The maximum atomic E-state index is 12.9. The van der Waals surface area contributed by atoms with E-state index in [0.29, 0.717) is 37.4 Å². The molecular weight excluding hydrogens is 441 g/mol. The molecule has 31 heavy (non-hydrogen) atoms. The number of aromatic amines is 1. The van der Waals surface area contributed by atoms with Crippen LogP contribution in [-0.2, 0) is 24.4 Å². The lowest BCUT2D eigenvalue weighted by molar-refractivity contribution is -0.121. The number of aryl methyl sites for hydroxylation is 1. The van der Waals surface area contributed by atoms with Gasteiger partial charge in [0.2, 0.25) is 11.2 Å². The number of rotatable bonds is 10. The van der Waals surface area contributed by atoms with Crippen LogP contribution in [0.3, 0.4) is 0 Å². The fraction of sp³-hybridized carbons (Fsp3) is 0.429. The van der Waals surface area contributed by atoms with Crippen LogP contribution in [0.15, 0.2) is 33.9 Å². The first-order valence-electron chi connectivity index (χ1n) is 10.3. The zero-order valence-electron chi connectivity index (χ0n) is 17.3. The fourth-order valence-electron chi connectivity index (χ4n) is 3.30. The van der Waals surface area contributed by atoms with Crippen LogP contribution in [0.5, 0.6) is 0 Å². The summed E-state index contributed by atoms with van der Waals surface area (Å²) in [7, 11) is 0. The molecule has 0 aliphatic heterocycles. The van der Waals surface area contributed by atoms with Crippen molar-refractivity contribution in [2.24, 2.45) is 0 Å². The number of hydrogen-bond donors (Lipinski definition) is 2. The van der Waals surface area contributed by atoms with Crippen LogP contribution in [0.4, 0.5) is 0 Å². The highest BCUT2D eigenvalue weighted by molar-refractivity contribution is 6.30. The number of fused-ring (bicyclic) bond motifs is 1. The minimum absolute atomic E-state index is 0.0758. The topological polar surface area (TPSA) is 102 Å². The molecule has 0 aliphatic carbocycles. The van der Waals surface area contributed by atoms with Crippen LogP contribution in [0.2, 0.25) is 10.3 Å². The third kappa shape index (κ3) is 5.77. The predicted octanol–water partition coefficient (Wildman–Crippen LogP) is 3.48. The summed E-state index contributed by atoms with van der Waals surface area (Å²) >= 11 is 11.8. The Bertz CT molecular complexity index is 1160. The van der Waals surface area contributed by atoms with E-state index >= 15 is 0 Å². The van der Waals surface area contributed by atoms with E-state index < -0.39 is 11.2 Å². The zero-order valence-corrected chi connectivity index (χ0v) is 18.8. The van der Waals surface area contributed by atoms with Crippen molar-refractivity contribution in [3.8, 4) is 0 Å². The molecule has 0 saturated carbocycles. The lowest BCUT2D eigenvalue weighted by atomic mass is 10.2. The second kappa shape index (κ2) is 10.6. The second-order valence-electron chi connectivity index (χ2n) is 7.33. The lowest BCUT2D eigenvalue weighted by Crippen LogP contribution is -2.40. The van der Waals surface area contributed by atoms with Gasteiger partial charge in [-0.25, -0.2) is 4.79 Å². The summed E-state index contributed by atoms with van der Waals surface area (Å²) in [6.07, 6.45) is 3.06. The molecule has 2 N–H and O–H groups in total. The summed E-state index contributed by atoms with van der Waals surface area (Å²) < 4.78 is 2.68. The van der Waals surface area contributed by atoms with Crippen LogP contribution in [0.1, 0.15) is 44.6 Å². The van der Waals surface area contributed by atoms with Crippen LogP contribution in [-0.4, -0.2) is 25.0 Å². The van der Waals surface area contributed by atoms with Crippen LogP contribution in [0.25, 0.3) is 11.2 Å². The molecule has 2 aromatic heterocycles. The number of unbranched alkanes of at least 4 members (excludes halogenated alkanes) is 2. The molecule has 3 rings (SSSR count). The Morgan fingerprint density at radius 3 is 2.48 bits per heavy atom. The van der Waals surface area contributed by atoms with E-state index in [0.717, 1.165) is 18.4 Å². The molecule has 1 amide bonds. The Morgan fingerprint density at radius 2 is 1.77 bits per heavy atom. The number of nitrogens with zero attached hydrogens (tertiary/aromatic N) is 3. The smallest absolute Gasteiger partial charge is 0.332 e. The first-order valence-corrected chi connectivity index (χ1v) is 11.1. The average molecular weight is 466 g/mol. The number of H-pyrrole nitrogens is 1. The SMILES string of the molecule is CCCCn1c(=O)n(CCCCC(=O)NCc2ccc(Cl)cc2)c(=O)c2[nH]c(Cl)nc21. The second-order valence-corrected chi connectivity index (χ2v) is 8.13. The Morgan fingerprint density at radius 1 is 1.06 bits per heavy atom. The first kappa shape index (κ1) is 23.1. The monoisotopic (exact) mass is 465 g/mol. The Hall–Kier alpha value is -2.58. The van der Waals surface area contributed by atoms with Crippen molar-refractivity contribution in [1.82, 2.24) is 24.4 Å². The van der Waals surface area contributed by atoms with Crippen molar-refractivity contribution in [2.45, 2.75) is 58.7 Å². The van der Waals surface area contributed by atoms with E-state index in [9.17, 15) is 14.4 Å². The number of carbonyl (C=O) groups excluding carboxylic acids is 1. The molecular formula is C21H25Cl2N5O3. The van der Waals surface area contributed by atoms with Gasteiger partial charge in [0.05, 0.1) is 0 Å². The summed E-state index contributed by atoms with van der Waals surface area (Å²) in [6.45, 7) is 3.13. The van der Waals surface area contributed by atoms with Gasteiger partial charge in [-0.1, -0.05) is 37.1 Å². The summed E-state index contributed by atoms with van der Waals surface area (Å²) in [5, 5.41) is 3.58. The molecule has 0 bridgehead atoms. The van der Waals surface area contributed by atoms with Crippen LogP contribution in [0, 0.1) is 0 Å². The average Bonchev–Trinajstić information content (AvgIpc) is 3.14. The Kier molecular flexibility index (Phi) is 7.92. The minimum Gasteiger partial charge on any atom is -0.352 e. The van der Waals surface area contributed by atoms with Crippen molar-refractivity contribution < 1.29 is 4.79 Å². The number of aromatic nitrogens is 4. The molecule has 0 spiro atoms. The van der Waals surface area contributed by atoms with Gasteiger partial charge in [-0.2, -0.15) is 4.98 Å². The van der Waals surface area contributed by atoms with Crippen molar-refractivity contribution in [3.05, 3.63) is 61.0 Å². The maximum absolute atomic E-state index is 12.9. The Balaban J connectivity index is 1.60. The van der Waals surface area contributed by atoms with Gasteiger partial charge in [0.25, 0.3) is 5.56 Å². The molecule has 0 radical (unpaired) electrons. The molecule has 3 aromatic rings. The van der Waals surface area contributed by atoms with Crippen LogP contribution >= 0.6 is 23.2 Å². The van der Waals surface area contributed by atoms with Gasteiger partial charge in [-0.15, -0.1) is 0 Å². The van der Waals surface area contributed by atoms with Gasteiger partial charge in [-0.3, -0.25) is 18.7 Å². The van der Waals surface area contributed by atoms with Crippen LogP contribution < -0.4 is 16.6 Å². The molecule has 0 saturated heterocycles. The number of hydrogen-bond acceptors (Lipinski definition) is 4. The fourth-order valence-corrected chi connectivity index (χ4v) is 3.60. The third-order valence-electron chi connectivity index (χ3n) is 5.01. The van der Waals surface area contributed by atoms with Gasteiger partial charge in [0, 0.05) is 31.1 Å². The van der Waals surface area contributed by atoms with Crippen molar-refractivity contribution >= 4 is 40.3 Å². The Labute approximate surface area is 189 Å². The van der Waals surface area contributed by atoms with Gasteiger partial charge in [0.15, 0.2) is 11.2 Å². The molecule has 0 unspecified atom stereocenters. The lowest BCUT2D eigenvalue weighted by Gasteiger charge is -2.11. The summed E-state index contributed by atoms with van der Waals surface area (Å²) in [4.78, 5) is 44.5. The van der Waals surface area contributed by atoms with Crippen molar-refractivity contribution in [2.75, 3.05) is 0 Å². The van der Waals surface area contributed by atoms with E-state index in [4.69, 9.17) is 23.2 Å². The summed E-state index contributed by atoms with van der Waals surface area (Å²) in [6, 6.07) is 7.27. The standard InChI is InChI=1S/C21H25Cl2N5O3/c1-2-3-11-27-18-17(25-20(23)26-18)19(30)28(21(27)31)12-5-4-6-16(29)24-13-14-7-9-15(22)10-8-14/h7-10H,2-6,11-13H2,1H3,(H,24,29)(H,25,26). The maximum Gasteiger partial charge on any atom is 0.332 e. The number of halogens is 2. The van der Waals surface area contributed by atoms with E-state index in [-0.39, 0.29) is 28.9 Å². The molecule has 0 atom stereocenters. The number of nitrogens with one attached hydrogen (secondary N) is 2. The molecule has 2 heterocycles. The van der Waals surface area contributed by atoms with E-state index in [1.54, 1.807) is 12.1 Å². The molecule has 0 fully saturated rings. The van der Waals surface area contributed by atoms with Gasteiger partial charge < -0.3 is 10.3 Å². The quantitative estimate of drug-likeness (QED) is 0.353. The molecule has 8 nitrogen and oxygen atoms in total. The summed E-state index contributed by atoms with van der Waals surface area (Å²) in [5.41, 5.74) is 0.622. The molecule has 10 heteroatoms. The number of benzene rings is 1. The molecule has 1 aromatic carbocycles. The van der Waals surface area contributed by atoms with Gasteiger partial charge in [0.1, 0.15) is 0 Å². The number of carbonyl (C=O) groups is 1. The zero-order chi connectivity index (χ0) is 22.4. The molecule has 0 aliphatic rings. The highest BCUT2D eigenvalue weighted by Gasteiger charge is 2.16. The van der Waals surface area contributed by atoms with Crippen molar-refractivity contribution in [3.63, 3.8) is 0 Å². The summed E-state index contributed by atoms with van der Waals surface area (Å²) in [5.74, 6) is -0.0848. The third-order valence-corrected chi connectivity index (χ3v) is 5.44. The van der Waals surface area contributed by atoms with E-state index in [1.807, 2.05) is 19.1 Å². The van der Waals surface area contributed by atoms with E-state index in [2.05, 4.69) is 15.3 Å². The largest absolute Gasteiger partial charge is 0.352 e. The number of imidazole rings is 1. The molecule has 166 valence electrons. The highest BCUT2D eigenvalue weighted by atomic mass is 35.5. The van der Waals surface area contributed by atoms with Gasteiger partial charge >= 0.3 is 5.69 Å². The normalized spacial score (nSPS) is 11.2. The number of amides is 1. The van der Waals surface area contributed by atoms with Crippen molar-refractivity contribution in [1.29, 1.82) is 0 Å². The predicted molar refractivity (Wildman–Crippen MR) is 122 cm³/mol.